The monoisotopic (exact) mass is 407 g/mol. The smallest absolute Gasteiger partial charge is 0.251 e. The molecule has 2 heterocycles. The van der Waals surface area contributed by atoms with Crippen LogP contribution in [-0.4, -0.2) is 22.5 Å². The Labute approximate surface area is 172 Å². The van der Waals surface area contributed by atoms with E-state index in [2.05, 4.69) is 15.3 Å². The van der Waals surface area contributed by atoms with Crippen LogP contribution in [0.15, 0.2) is 65.2 Å². The van der Waals surface area contributed by atoms with Gasteiger partial charge in [0, 0.05) is 23.9 Å². The molecular formula is C22H18ClN3O3. The van der Waals surface area contributed by atoms with E-state index in [0.717, 1.165) is 11.1 Å². The van der Waals surface area contributed by atoms with Crippen LogP contribution >= 0.6 is 11.6 Å². The van der Waals surface area contributed by atoms with Gasteiger partial charge in [0.05, 0.1) is 11.6 Å². The van der Waals surface area contributed by atoms with Gasteiger partial charge in [0.2, 0.25) is 5.89 Å². The second kappa shape index (κ2) is 8.32. The van der Waals surface area contributed by atoms with Crippen molar-refractivity contribution in [3.8, 4) is 17.2 Å². The maximum Gasteiger partial charge on any atom is 0.251 e. The number of hydrogen-bond donors (Lipinski definition) is 1. The zero-order valence-electron chi connectivity index (χ0n) is 15.7. The third kappa shape index (κ3) is 4.22. The quantitative estimate of drug-likeness (QED) is 0.493. The Morgan fingerprint density at radius 1 is 1.17 bits per heavy atom. The molecule has 0 aliphatic heterocycles. The fourth-order valence-electron chi connectivity index (χ4n) is 2.86. The van der Waals surface area contributed by atoms with Crippen molar-refractivity contribution in [2.45, 2.75) is 13.5 Å². The van der Waals surface area contributed by atoms with Crippen molar-refractivity contribution in [1.82, 2.24) is 15.3 Å². The lowest BCUT2D eigenvalue weighted by Gasteiger charge is -2.09. The van der Waals surface area contributed by atoms with E-state index in [1.54, 1.807) is 30.5 Å². The minimum atomic E-state index is -0.205. The fourth-order valence-corrected chi connectivity index (χ4v) is 3.09. The average molecular weight is 408 g/mol. The topological polar surface area (TPSA) is 77.2 Å². The van der Waals surface area contributed by atoms with E-state index in [-0.39, 0.29) is 5.91 Å². The molecule has 2 aromatic carbocycles. The van der Waals surface area contributed by atoms with Crippen molar-refractivity contribution in [2.24, 2.45) is 0 Å². The number of ether oxygens (including phenoxy) is 1. The van der Waals surface area contributed by atoms with Gasteiger partial charge in [-0.1, -0.05) is 23.7 Å². The fraction of sp³-hybridized carbons (Fsp3) is 0.136. The Morgan fingerprint density at radius 3 is 2.72 bits per heavy atom. The third-order valence-electron chi connectivity index (χ3n) is 4.31. The Balaban J connectivity index is 1.41. The van der Waals surface area contributed by atoms with Crippen molar-refractivity contribution in [2.75, 3.05) is 6.61 Å². The van der Waals surface area contributed by atoms with Crippen LogP contribution in [0.5, 0.6) is 5.75 Å². The molecule has 0 bridgehead atoms. The summed E-state index contributed by atoms with van der Waals surface area (Å²) in [5.74, 6) is 0.873. The summed E-state index contributed by atoms with van der Waals surface area (Å²) in [5.41, 5.74) is 3.50. The van der Waals surface area contributed by atoms with E-state index >= 15 is 0 Å². The van der Waals surface area contributed by atoms with Gasteiger partial charge in [-0.2, -0.15) is 4.98 Å². The number of halogens is 1. The highest BCUT2D eigenvalue weighted by Gasteiger charge is 2.11. The number of rotatable bonds is 6. The number of oxazole rings is 1. The highest BCUT2D eigenvalue weighted by Crippen LogP contribution is 2.26. The molecule has 1 N–H and O–H groups in total. The number of carbonyl (C=O) groups is 1. The van der Waals surface area contributed by atoms with E-state index in [1.807, 2.05) is 37.3 Å². The van der Waals surface area contributed by atoms with Gasteiger partial charge in [-0.05, 0) is 55.0 Å². The van der Waals surface area contributed by atoms with Gasteiger partial charge in [0.1, 0.15) is 5.75 Å². The van der Waals surface area contributed by atoms with Crippen LogP contribution in [0.25, 0.3) is 22.7 Å². The zero-order chi connectivity index (χ0) is 20.2. The Hall–Kier alpha value is -3.38. The highest BCUT2D eigenvalue weighted by atomic mass is 35.5. The molecule has 0 saturated heterocycles. The first-order valence-electron chi connectivity index (χ1n) is 9.15. The van der Waals surface area contributed by atoms with E-state index in [1.165, 1.54) is 0 Å². The number of pyridine rings is 1. The largest absolute Gasteiger partial charge is 0.492 e. The van der Waals surface area contributed by atoms with E-state index < -0.39 is 0 Å². The van der Waals surface area contributed by atoms with Crippen molar-refractivity contribution in [1.29, 1.82) is 0 Å². The molecule has 2 aromatic heterocycles. The molecule has 0 aliphatic carbocycles. The van der Waals surface area contributed by atoms with E-state index in [0.29, 0.717) is 46.6 Å². The number of nitrogens with one attached hydrogen (secondary N) is 1. The molecule has 1 amide bonds. The van der Waals surface area contributed by atoms with Gasteiger partial charge in [-0.3, -0.25) is 4.79 Å². The number of aromatic nitrogens is 2. The second-order valence-corrected chi connectivity index (χ2v) is 6.71. The number of nitrogens with zero attached hydrogens (tertiary/aromatic N) is 2. The Morgan fingerprint density at radius 2 is 2.00 bits per heavy atom. The maximum atomic E-state index is 12.4. The van der Waals surface area contributed by atoms with Crippen LogP contribution in [0.2, 0.25) is 5.02 Å². The predicted molar refractivity (Wildman–Crippen MR) is 111 cm³/mol. The first-order chi connectivity index (χ1) is 14.1. The molecule has 0 fully saturated rings. The summed E-state index contributed by atoms with van der Waals surface area (Å²) in [7, 11) is 0. The average Bonchev–Trinajstić information content (AvgIpc) is 3.18. The molecule has 146 valence electrons. The van der Waals surface area contributed by atoms with Crippen molar-refractivity contribution >= 4 is 28.7 Å². The van der Waals surface area contributed by atoms with Gasteiger partial charge in [0.15, 0.2) is 11.2 Å². The van der Waals surface area contributed by atoms with E-state index in [9.17, 15) is 4.79 Å². The van der Waals surface area contributed by atoms with Crippen LogP contribution in [0.4, 0.5) is 0 Å². The lowest BCUT2D eigenvalue weighted by Crippen LogP contribution is -2.22. The first-order valence-corrected chi connectivity index (χ1v) is 9.53. The third-order valence-corrected chi connectivity index (χ3v) is 4.61. The molecule has 0 spiro atoms. The Kier molecular flexibility index (Phi) is 5.44. The number of amides is 1. The van der Waals surface area contributed by atoms with Crippen LogP contribution < -0.4 is 10.1 Å². The van der Waals surface area contributed by atoms with Gasteiger partial charge >= 0.3 is 0 Å². The van der Waals surface area contributed by atoms with Gasteiger partial charge in [0.25, 0.3) is 5.91 Å². The molecule has 0 aliphatic rings. The minimum Gasteiger partial charge on any atom is -0.492 e. The van der Waals surface area contributed by atoms with Crippen LogP contribution in [0.3, 0.4) is 0 Å². The Bertz CT molecular complexity index is 1120. The minimum absolute atomic E-state index is 0.205. The lowest BCUT2D eigenvalue weighted by atomic mass is 10.1. The summed E-state index contributed by atoms with van der Waals surface area (Å²) in [4.78, 5) is 20.9. The van der Waals surface area contributed by atoms with E-state index in [4.69, 9.17) is 20.8 Å². The van der Waals surface area contributed by atoms with Crippen molar-refractivity contribution < 1.29 is 13.9 Å². The summed E-state index contributed by atoms with van der Waals surface area (Å²) < 4.78 is 11.1. The molecule has 7 heteroatoms. The molecule has 29 heavy (non-hydrogen) atoms. The molecular weight excluding hydrogens is 390 g/mol. The molecule has 4 aromatic rings. The second-order valence-electron chi connectivity index (χ2n) is 6.30. The van der Waals surface area contributed by atoms with Gasteiger partial charge in [-0.25, -0.2) is 4.98 Å². The first kappa shape index (κ1) is 19.0. The predicted octanol–water partition coefficient (Wildman–Crippen LogP) is 4.87. The van der Waals surface area contributed by atoms with Gasteiger partial charge < -0.3 is 14.5 Å². The van der Waals surface area contributed by atoms with Gasteiger partial charge in [-0.15, -0.1) is 0 Å². The van der Waals surface area contributed by atoms with Crippen LogP contribution in [0.1, 0.15) is 22.8 Å². The highest BCUT2D eigenvalue weighted by molar-refractivity contribution is 6.32. The molecule has 0 saturated carbocycles. The van der Waals surface area contributed by atoms with Crippen LogP contribution in [0, 0.1) is 0 Å². The molecule has 0 radical (unpaired) electrons. The van der Waals surface area contributed by atoms with Crippen LogP contribution in [-0.2, 0) is 6.54 Å². The number of benzene rings is 2. The molecule has 0 atom stereocenters. The van der Waals surface area contributed by atoms with Crippen molar-refractivity contribution in [3.63, 3.8) is 0 Å². The maximum absolute atomic E-state index is 12.4. The normalized spacial score (nSPS) is 10.8. The van der Waals surface area contributed by atoms with Crippen molar-refractivity contribution in [3.05, 3.63) is 76.9 Å². The lowest BCUT2D eigenvalue weighted by molar-refractivity contribution is 0.0951. The molecule has 6 nitrogen and oxygen atoms in total. The number of carbonyl (C=O) groups excluding carboxylic acids is 1. The molecule has 4 rings (SSSR count). The SMILES string of the molecule is CCOc1ccc(C(=O)NCc2ccc(-c3nc4ncccc4o3)cc2)cc1Cl. The zero-order valence-corrected chi connectivity index (χ0v) is 16.4. The number of fused-ring (bicyclic) bond motifs is 1. The number of hydrogen-bond acceptors (Lipinski definition) is 5. The summed E-state index contributed by atoms with van der Waals surface area (Å²) in [5, 5.41) is 3.30. The summed E-state index contributed by atoms with van der Waals surface area (Å²) in [6, 6.07) is 16.3. The summed E-state index contributed by atoms with van der Waals surface area (Å²) in [6.45, 7) is 2.78. The summed E-state index contributed by atoms with van der Waals surface area (Å²) in [6.07, 6.45) is 1.68. The summed E-state index contributed by atoms with van der Waals surface area (Å²) >= 11 is 6.15. The standard InChI is InChI=1S/C22H18ClN3O3/c1-2-28-18-10-9-16(12-17(18)23)21(27)25-13-14-5-7-15(8-6-14)22-26-20-19(29-22)4-3-11-24-20/h3-12H,2,13H2,1H3,(H,25,27). The molecule has 0 unspecified atom stereocenters.